The molecule has 0 radical (unpaired) electrons. The highest BCUT2D eigenvalue weighted by Gasteiger charge is 2.06. The van der Waals surface area contributed by atoms with E-state index in [1.165, 1.54) is 6.07 Å². The Bertz CT molecular complexity index is 444. The molecule has 0 aliphatic carbocycles. The van der Waals surface area contributed by atoms with Crippen molar-refractivity contribution < 1.29 is 24.2 Å². The number of carboxylic acid groups (broad SMARTS) is 1. The molecule has 1 aromatic carbocycles. The van der Waals surface area contributed by atoms with Gasteiger partial charge in [-0.25, -0.2) is 9.59 Å². The SMILES string of the molecule is CC(C)COC(=O)Nc1cccc(OCC(=O)O)c1. The van der Waals surface area contributed by atoms with Crippen LogP contribution in [0.2, 0.25) is 0 Å². The lowest BCUT2D eigenvalue weighted by molar-refractivity contribution is -0.139. The molecule has 1 aromatic rings. The molecule has 0 aliphatic rings. The zero-order valence-corrected chi connectivity index (χ0v) is 10.9. The first kappa shape index (κ1) is 14.8. The molecular formula is C13H17NO5. The number of carbonyl (C=O) groups is 2. The summed E-state index contributed by atoms with van der Waals surface area (Å²) in [6.07, 6.45) is -0.552. The fourth-order valence-corrected chi connectivity index (χ4v) is 1.20. The first-order valence-corrected chi connectivity index (χ1v) is 5.86. The van der Waals surface area contributed by atoms with Crippen LogP contribution in [0.15, 0.2) is 24.3 Å². The maximum atomic E-state index is 11.4. The second kappa shape index (κ2) is 7.25. The molecule has 0 unspecified atom stereocenters. The maximum Gasteiger partial charge on any atom is 0.411 e. The minimum atomic E-state index is -1.06. The molecule has 1 amide bonds. The van der Waals surface area contributed by atoms with Gasteiger partial charge in [0.15, 0.2) is 6.61 Å². The number of rotatable bonds is 6. The van der Waals surface area contributed by atoms with Gasteiger partial charge in [0.1, 0.15) is 5.75 Å². The van der Waals surface area contributed by atoms with Crippen molar-refractivity contribution in [2.45, 2.75) is 13.8 Å². The van der Waals surface area contributed by atoms with E-state index in [9.17, 15) is 9.59 Å². The molecule has 0 bridgehead atoms. The Morgan fingerprint density at radius 3 is 2.74 bits per heavy atom. The van der Waals surface area contributed by atoms with Gasteiger partial charge in [-0.1, -0.05) is 19.9 Å². The van der Waals surface area contributed by atoms with Crippen molar-refractivity contribution in [1.29, 1.82) is 0 Å². The highest BCUT2D eigenvalue weighted by Crippen LogP contribution is 2.17. The number of hydrogen-bond donors (Lipinski definition) is 2. The number of anilines is 1. The molecule has 1 rings (SSSR count). The largest absolute Gasteiger partial charge is 0.482 e. The normalized spacial score (nSPS) is 10.1. The van der Waals surface area contributed by atoms with Gasteiger partial charge in [0.05, 0.1) is 6.61 Å². The van der Waals surface area contributed by atoms with E-state index >= 15 is 0 Å². The van der Waals surface area contributed by atoms with Gasteiger partial charge in [0.2, 0.25) is 0 Å². The van der Waals surface area contributed by atoms with Gasteiger partial charge in [0, 0.05) is 11.8 Å². The van der Waals surface area contributed by atoms with Gasteiger partial charge in [0.25, 0.3) is 0 Å². The van der Waals surface area contributed by atoms with Crippen LogP contribution in [0.3, 0.4) is 0 Å². The lowest BCUT2D eigenvalue weighted by atomic mass is 10.2. The minimum Gasteiger partial charge on any atom is -0.482 e. The highest BCUT2D eigenvalue weighted by atomic mass is 16.5. The fraction of sp³-hybridized carbons (Fsp3) is 0.385. The summed E-state index contributed by atoms with van der Waals surface area (Å²) in [6, 6.07) is 6.44. The van der Waals surface area contributed by atoms with E-state index in [1.54, 1.807) is 18.2 Å². The van der Waals surface area contributed by atoms with Gasteiger partial charge in [-0.2, -0.15) is 0 Å². The van der Waals surface area contributed by atoms with Gasteiger partial charge in [-0.3, -0.25) is 5.32 Å². The average Bonchev–Trinajstić information content (AvgIpc) is 2.34. The first-order valence-electron chi connectivity index (χ1n) is 5.86. The first-order chi connectivity index (χ1) is 8.97. The highest BCUT2D eigenvalue weighted by molar-refractivity contribution is 5.84. The van der Waals surface area contributed by atoms with E-state index in [-0.39, 0.29) is 5.92 Å². The third kappa shape index (κ3) is 6.30. The number of carbonyl (C=O) groups excluding carboxylic acids is 1. The molecule has 0 spiro atoms. The Balaban J connectivity index is 2.51. The Kier molecular flexibility index (Phi) is 5.66. The summed E-state index contributed by atoms with van der Waals surface area (Å²) in [6.45, 7) is 3.78. The Morgan fingerprint density at radius 2 is 2.11 bits per heavy atom. The number of carboxylic acids is 1. The zero-order chi connectivity index (χ0) is 14.3. The van der Waals surface area contributed by atoms with Gasteiger partial charge >= 0.3 is 12.1 Å². The Hall–Kier alpha value is -2.24. The summed E-state index contributed by atoms with van der Waals surface area (Å²) in [7, 11) is 0. The monoisotopic (exact) mass is 267 g/mol. The van der Waals surface area contributed by atoms with Crippen LogP contribution in [0.25, 0.3) is 0 Å². The number of hydrogen-bond acceptors (Lipinski definition) is 4. The number of nitrogens with one attached hydrogen (secondary N) is 1. The predicted molar refractivity (Wildman–Crippen MR) is 69.4 cm³/mol. The van der Waals surface area contributed by atoms with E-state index in [0.29, 0.717) is 18.0 Å². The molecule has 0 saturated heterocycles. The van der Waals surface area contributed by atoms with Crippen molar-refractivity contribution in [2.75, 3.05) is 18.5 Å². The molecular weight excluding hydrogens is 250 g/mol. The zero-order valence-electron chi connectivity index (χ0n) is 10.9. The van der Waals surface area contributed by atoms with Crippen LogP contribution in [-0.4, -0.2) is 30.4 Å². The topological polar surface area (TPSA) is 84.9 Å². The van der Waals surface area contributed by atoms with Crippen LogP contribution in [0.5, 0.6) is 5.75 Å². The molecule has 0 aliphatic heterocycles. The lowest BCUT2D eigenvalue weighted by Crippen LogP contribution is -2.16. The van der Waals surface area contributed by atoms with Gasteiger partial charge in [-0.15, -0.1) is 0 Å². The number of amides is 1. The summed E-state index contributed by atoms with van der Waals surface area (Å²) < 4.78 is 9.96. The number of ether oxygens (including phenoxy) is 2. The molecule has 2 N–H and O–H groups in total. The van der Waals surface area contributed by atoms with Crippen molar-refractivity contribution in [1.82, 2.24) is 0 Å². The fourth-order valence-electron chi connectivity index (χ4n) is 1.20. The summed E-state index contributed by atoms with van der Waals surface area (Å²) in [5.41, 5.74) is 0.483. The van der Waals surface area contributed by atoms with Crippen LogP contribution in [-0.2, 0) is 9.53 Å². The van der Waals surface area contributed by atoms with Crippen LogP contribution in [0.1, 0.15) is 13.8 Å². The third-order valence-electron chi connectivity index (χ3n) is 1.99. The summed E-state index contributed by atoms with van der Waals surface area (Å²) in [4.78, 5) is 21.8. The lowest BCUT2D eigenvalue weighted by Gasteiger charge is -2.10. The van der Waals surface area contributed by atoms with Gasteiger partial charge in [-0.05, 0) is 18.1 Å². The van der Waals surface area contributed by atoms with Crippen molar-refractivity contribution in [3.8, 4) is 5.75 Å². The van der Waals surface area contributed by atoms with Crippen molar-refractivity contribution in [3.63, 3.8) is 0 Å². The standard InChI is InChI=1S/C13H17NO5/c1-9(2)7-19-13(17)14-10-4-3-5-11(6-10)18-8-12(15)16/h3-6,9H,7-8H2,1-2H3,(H,14,17)(H,15,16). The smallest absolute Gasteiger partial charge is 0.411 e. The van der Waals surface area contributed by atoms with Crippen LogP contribution >= 0.6 is 0 Å². The van der Waals surface area contributed by atoms with E-state index in [0.717, 1.165) is 0 Å². The molecule has 6 heteroatoms. The molecule has 6 nitrogen and oxygen atoms in total. The van der Waals surface area contributed by atoms with Crippen LogP contribution in [0, 0.1) is 5.92 Å². The summed E-state index contributed by atoms with van der Waals surface area (Å²) in [5.74, 6) is -0.435. The molecule has 0 saturated carbocycles. The molecule has 19 heavy (non-hydrogen) atoms. The Labute approximate surface area is 111 Å². The van der Waals surface area contributed by atoms with Gasteiger partial charge < -0.3 is 14.6 Å². The summed E-state index contributed by atoms with van der Waals surface area (Å²) >= 11 is 0. The third-order valence-corrected chi connectivity index (χ3v) is 1.99. The predicted octanol–water partition coefficient (Wildman–Crippen LogP) is 2.35. The maximum absolute atomic E-state index is 11.4. The molecule has 0 aromatic heterocycles. The number of benzene rings is 1. The average molecular weight is 267 g/mol. The van der Waals surface area contributed by atoms with E-state index < -0.39 is 18.7 Å². The van der Waals surface area contributed by atoms with Crippen LogP contribution < -0.4 is 10.1 Å². The van der Waals surface area contributed by atoms with Crippen molar-refractivity contribution >= 4 is 17.7 Å². The van der Waals surface area contributed by atoms with E-state index in [1.807, 2.05) is 13.8 Å². The molecule has 0 heterocycles. The summed E-state index contributed by atoms with van der Waals surface area (Å²) in [5, 5.41) is 11.0. The quantitative estimate of drug-likeness (QED) is 0.826. The molecule has 104 valence electrons. The van der Waals surface area contributed by atoms with E-state index in [4.69, 9.17) is 14.6 Å². The second-order valence-corrected chi connectivity index (χ2v) is 4.33. The van der Waals surface area contributed by atoms with Crippen molar-refractivity contribution in [3.05, 3.63) is 24.3 Å². The second-order valence-electron chi connectivity index (χ2n) is 4.33. The Morgan fingerprint density at radius 1 is 1.37 bits per heavy atom. The van der Waals surface area contributed by atoms with E-state index in [2.05, 4.69) is 5.32 Å². The molecule has 0 atom stereocenters. The number of aliphatic carboxylic acids is 1. The minimum absolute atomic E-state index is 0.260. The van der Waals surface area contributed by atoms with Crippen LogP contribution in [0.4, 0.5) is 10.5 Å². The molecule has 0 fully saturated rings. The van der Waals surface area contributed by atoms with Crippen molar-refractivity contribution in [2.24, 2.45) is 5.92 Å².